The molecule has 0 fully saturated rings. The van der Waals surface area contributed by atoms with E-state index in [1.54, 1.807) is 6.92 Å². The van der Waals surface area contributed by atoms with Crippen LogP contribution < -0.4 is 0 Å². The van der Waals surface area contributed by atoms with Crippen molar-refractivity contribution in [1.82, 2.24) is 0 Å². The molecule has 0 radical (unpaired) electrons. The molecule has 0 aromatic rings. The predicted octanol–water partition coefficient (Wildman–Crippen LogP) is 2.67. The first-order chi connectivity index (χ1) is 9.49. The van der Waals surface area contributed by atoms with Gasteiger partial charge in [-0.2, -0.15) is 0 Å². The van der Waals surface area contributed by atoms with Crippen molar-refractivity contribution in [2.24, 2.45) is 5.41 Å². The van der Waals surface area contributed by atoms with Crippen molar-refractivity contribution in [2.45, 2.75) is 39.6 Å². The first-order valence-electron chi connectivity index (χ1n) is 7.43. The van der Waals surface area contributed by atoms with E-state index in [4.69, 9.17) is 4.74 Å². The Hall–Kier alpha value is -0.520. The van der Waals surface area contributed by atoms with E-state index in [2.05, 4.69) is 41.4 Å². The smallest absolute Gasteiger partial charge is 0.333 e. The molecule has 0 saturated carbocycles. The van der Waals surface area contributed by atoms with E-state index in [9.17, 15) is 9.90 Å². The van der Waals surface area contributed by atoms with Crippen molar-refractivity contribution < 1.29 is 19.1 Å². The number of carbonyl (C=O) groups excluding carboxylic acids is 1. The van der Waals surface area contributed by atoms with Gasteiger partial charge in [0.2, 0.25) is 0 Å². The monoisotopic (exact) mass is 318 g/mol. The maximum atomic E-state index is 11.2. The minimum absolute atomic E-state index is 0.0697. The van der Waals surface area contributed by atoms with Crippen LogP contribution in [0, 0.1) is 5.41 Å². The molecule has 0 spiro atoms. The molecule has 0 amide bonds. The fourth-order valence-corrected chi connectivity index (χ4v) is 3.33. The van der Waals surface area contributed by atoms with Gasteiger partial charge in [-0.3, -0.25) is 0 Å². The number of aliphatic hydroxyl groups is 1. The Labute approximate surface area is 134 Å². The zero-order valence-electron chi connectivity index (χ0n) is 14.4. The maximum absolute atomic E-state index is 11.2. The molecular formula is C16H32NO3S+. The molecule has 1 unspecified atom stereocenters. The molecule has 0 aliphatic rings. The highest BCUT2D eigenvalue weighted by atomic mass is 32.2. The van der Waals surface area contributed by atoms with Crippen molar-refractivity contribution >= 4 is 17.7 Å². The fourth-order valence-electron chi connectivity index (χ4n) is 2.31. The second-order valence-corrected chi connectivity index (χ2v) is 8.31. The highest BCUT2D eigenvalue weighted by Crippen LogP contribution is 2.29. The summed E-state index contributed by atoms with van der Waals surface area (Å²) in [4.78, 5) is 11.2. The van der Waals surface area contributed by atoms with Crippen LogP contribution in [-0.4, -0.2) is 60.5 Å². The first-order valence-corrected chi connectivity index (χ1v) is 8.48. The summed E-state index contributed by atoms with van der Waals surface area (Å²) in [7, 11) is 4.41. The van der Waals surface area contributed by atoms with Gasteiger partial charge in [-0.15, -0.1) is 11.8 Å². The van der Waals surface area contributed by atoms with Gasteiger partial charge in [-0.05, 0) is 20.3 Å². The number of thioether (sulfide) groups is 1. The van der Waals surface area contributed by atoms with Gasteiger partial charge in [0.25, 0.3) is 0 Å². The van der Waals surface area contributed by atoms with E-state index >= 15 is 0 Å². The number of carbonyl (C=O) groups is 1. The van der Waals surface area contributed by atoms with Crippen molar-refractivity contribution in [3.63, 3.8) is 0 Å². The second kappa shape index (κ2) is 8.81. The first kappa shape index (κ1) is 20.5. The zero-order valence-corrected chi connectivity index (χ0v) is 15.3. The molecule has 21 heavy (non-hydrogen) atoms. The van der Waals surface area contributed by atoms with Gasteiger partial charge in [0.05, 0.1) is 27.2 Å². The number of nitrogens with zero attached hydrogens (tertiary/aromatic N) is 1. The van der Waals surface area contributed by atoms with Crippen LogP contribution in [0.1, 0.15) is 34.1 Å². The number of ether oxygens (including phenoxy) is 1. The summed E-state index contributed by atoms with van der Waals surface area (Å²) in [5.74, 6) is 0.231. The number of aliphatic hydroxyl groups excluding tert-OH is 1. The third-order valence-electron chi connectivity index (χ3n) is 3.41. The van der Waals surface area contributed by atoms with Crippen LogP contribution in [0.2, 0.25) is 0 Å². The molecule has 1 N–H and O–H groups in total. The highest BCUT2D eigenvalue weighted by molar-refractivity contribution is 7.99. The van der Waals surface area contributed by atoms with Crippen LogP contribution in [0.15, 0.2) is 12.2 Å². The summed E-state index contributed by atoms with van der Waals surface area (Å²) in [6.07, 6.45) is 0.730. The van der Waals surface area contributed by atoms with Crippen LogP contribution in [-0.2, 0) is 9.53 Å². The fraction of sp³-hybridized carbons (Fsp3) is 0.812. The summed E-state index contributed by atoms with van der Waals surface area (Å²) < 4.78 is 5.95. The minimum Gasteiger partial charge on any atom is -0.461 e. The molecule has 0 bridgehead atoms. The van der Waals surface area contributed by atoms with E-state index in [0.29, 0.717) is 17.9 Å². The SMILES string of the molecule is C=C(C)C(=O)OCCSC(O)CC(C)(C)C[N+](C)(C)CC. The summed E-state index contributed by atoms with van der Waals surface area (Å²) >= 11 is 1.43. The summed E-state index contributed by atoms with van der Waals surface area (Å²) in [5.41, 5.74) is 0.0435. The van der Waals surface area contributed by atoms with Gasteiger partial charge < -0.3 is 14.3 Å². The van der Waals surface area contributed by atoms with Crippen molar-refractivity contribution in [1.29, 1.82) is 0 Å². The van der Waals surface area contributed by atoms with Gasteiger partial charge in [0.1, 0.15) is 12.0 Å². The molecular weight excluding hydrogens is 286 g/mol. The Kier molecular flexibility index (Phi) is 8.59. The van der Waals surface area contributed by atoms with E-state index < -0.39 is 5.44 Å². The van der Waals surface area contributed by atoms with Gasteiger partial charge in [0, 0.05) is 16.7 Å². The molecule has 0 aliphatic carbocycles. The lowest BCUT2D eigenvalue weighted by atomic mass is 9.88. The Morgan fingerprint density at radius 2 is 2.00 bits per heavy atom. The predicted molar refractivity (Wildman–Crippen MR) is 90.2 cm³/mol. The normalized spacial score (nSPS) is 13.9. The van der Waals surface area contributed by atoms with Crippen molar-refractivity contribution in [2.75, 3.05) is 39.5 Å². The lowest BCUT2D eigenvalue weighted by Crippen LogP contribution is -2.46. The number of rotatable bonds is 10. The van der Waals surface area contributed by atoms with Crippen LogP contribution in [0.4, 0.5) is 0 Å². The lowest BCUT2D eigenvalue weighted by Gasteiger charge is -2.37. The largest absolute Gasteiger partial charge is 0.461 e. The molecule has 5 heteroatoms. The van der Waals surface area contributed by atoms with Crippen molar-refractivity contribution in [3.8, 4) is 0 Å². The third-order valence-corrected chi connectivity index (χ3v) is 4.37. The second-order valence-electron chi connectivity index (χ2n) is 7.02. The topological polar surface area (TPSA) is 46.5 Å². The number of quaternary nitrogens is 1. The van der Waals surface area contributed by atoms with E-state index in [1.807, 2.05) is 0 Å². The van der Waals surface area contributed by atoms with Gasteiger partial charge in [-0.25, -0.2) is 4.79 Å². The lowest BCUT2D eigenvalue weighted by molar-refractivity contribution is -0.894. The third kappa shape index (κ3) is 9.93. The molecule has 0 saturated heterocycles. The Balaban J connectivity index is 4.05. The quantitative estimate of drug-likeness (QED) is 0.221. The molecule has 124 valence electrons. The van der Waals surface area contributed by atoms with E-state index in [0.717, 1.165) is 24.0 Å². The average Bonchev–Trinajstić information content (AvgIpc) is 2.32. The molecule has 0 heterocycles. The Morgan fingerprint density at radius 1 is 1.43 bits per heavy atom. The molecule has 0 aliphatic heterocycles. The number of hydrogen-bond acceptors (Lipinski definition) is 4. The van der Waals surface area contributed by atoms with Crippen molar-refractivity contribution in [3.05, 3.63) is 12.2 Å². The minimum atomic E-state index is -0.430. The zero-order chi connectivity index (χ0) is 16.7. The average molecular weight is 319 g/mol. The molecule has 0 aromatic carbocycles. The summed E-state index contributed by atoms with van der Waals surface area (Å²) in [5, 5.41) is 10.1. The van der Waals surface area contributed by atoms with Crippen LogP contribution in [0.5, 0.6) is 0 Å². The van der Waals surface area contributed by atoms with Crippen LogP contribution in [0.25, 0.3) is 0 Å². The molecule has 0 rings (SSSR count). The molecule has 1 atom stereocenters. The Morgan fingerprint density at radius 3 is 2.48 bits per heavy atom. The maximum Gasteiger partial charge on any atom is 0.333 e. The van der Waals surface area contributed by atoms with Gasteiger partial charge in [0.15, 0.2) is 0 Å². The number of hydrogen-bond donors (Lipinski definition) is 1. The molecule has 0 aromatic heterocycles. The highest BCUT2D eigenvalue weighted by Gasteiger charge is 2.30. The Bertz CT molecular complexity index is 353. The van der Waals surface area contributed by atoms with Crippen LogP contribution >= 0.6 is 11.8 Å². The molecule has 4 nitrogen and oxygen atoms in total. The van der Waals surface area contributed by atoms with Crippen LogP contribution in [0.3, 0.4) is 0 Å². The summed E-state index contributed by atoms with van der Waals surface area (Å²) in [6.45, 7) is 14.1. The van der Waals surface area contributed by atoms with Gasteiger partial charge >= 0.3 is 5.97 Å². The number of esters is 1. The van der Waals surface area contributed by atoms with Gasteiger partial charge in [-0.1, -0.05) is 20.4 Å². The summed E-state index contributed by atoms with van der Waals surface area (Å²) in [6, 6.07) is 0. The van der Waals surface area contributed by atoms with E-state index in [1.165, 1.54) is 11.8 Å². The van der Waals surface area contributed by atoms with E-state index in [-0.39, 0.29) is 11.4 Å². The standard InChI is InChI=1S/C16H32NO3S/c1-8-17(6,7)12-16(4,5)11-14(18)21-10-9-20-15(19)13(2)3/h14,18H,2,8-12H2,1,3-7H3/q+1.